The highest BCUT2D eigenvalue weighted by atomic mass is 32.1. The molecule has 1 aromatic carbocycles. The van der Waals surface area contributed by atoms with Crippen LogP contribution in [0.25, 0.3) is 0 Å². The van der Waals surface area contributed by atoms with Crippen molar-refractivity contribution in [3.63, 3.8) is 0 Å². The van der Waals surface area contributed by atoms with Gasteiger partial charge in [-0.3, -0.25) is 4.79 Å². The van der Waals surface area contributed by atoms with Crippen LogP contribution in [0.4, 0.5) is 0 Å². The lowest BCUT2D eigenvalue weighted by Gasteiger charge is -2.37. The van der Waals surface area contributed by atoms with Crippen molar-refractivity contribution in [1.29, 1.82) is 0 Å². The second-order valence-corrected chi connectivity index (χ2v) is 7.36. The first-order valence-electron chi connectivity index (χ1n) is 8.34. The zero-order valence-electron chi connectivity index (χ0n) is 13.9. The van der Waals surface area contributed by atoms with Crippen LogP contribution in [0.2, 0.25) is 0 Å². The van der Waals surface area contributed by atoms with Crippen LogP contribution >= 0.6 is 11.3 Å². The lowest BCUT2D eigenvalue weighted by atomic mass is 9.93. The Morgan fingerprint density at radius 3 is 2.96 bits per heavy atom. The topological polar surface area (TPSA) is 49.8 Å². The summed E-state index contributed by atoms with van der Waals surface area (Å²) < 4.78 is 5.80. The maximum Gasteiger partial charge on any atom is 0.254 e. The molecular weight excluding hydrogens is 322 g/mol. The third-order valence-corrected chi connectivity index (χ3v) is 5.39. The predicted octanol–water partition coefficient (Wildman–Crippen LogP) is 3.56. The molecule has 1 aliphatic rings. The number of nitrogens with zero attached hydrogens (tertiary/aromatic N) is 1. The minimum absolute atomic E-state index is 0.0159. The van der Waals surface area contributed by atoms with Crippen molar-refractivity contribution in [1.82, 2.24) is 4.90 Å². The largest absolute Gasteiger partial charge is 0.488 e. The SMILES string of the molecule is CC1CCC(CO)CN1C(=O)c1cccc(OCc2cccs2)c1. The van der Waals surface area contributed by atoms with Crippen LogP contribution in [0, 0.1) is 5.92 Å². The smallest absolute Gasteiger partial charge is 0.254 e. The molecule has 0 aliphatic carbocycles. The summed E-state index contributed by atoms with van der Waals surface area (Å²) in [5, 5.41) is 11.4. The van der Waals surface area contributed by atoms with Gasteiger partial charge in [-0.2, -0.15) is 0 Å². The Labute approximate surface area is 146 Å². The second kappa shape index (κ2) is 7.81. The summed E-state index contributed by atoms with van der Waals surface area (Å²) >= 11 is 1.65. The number of thiophene rings is 1. The maximum atomic E-state index is 12.8. The van der Waals surface area contributed by atoms with Crippen molar-refractivity contribution in [2.75, 3.05) is 13.2 Å². The van der Waals surface area contributed by atoms with Crippen LogP contribution in [0.15, 0.2) is 41.8 Å². The number of benzene rings is 1. The fourth-order valence-corrected chi connectivity index (χ4v) is 3.66. The first-order valence-corrected chi connectivity index (χ1v) is 9.22. The van der Waals surface area contributed by atoms with Crippen molar-refractivity contribution < 1.29 is 14.6 Å². The highest BCUT2D eigenvalue weighted by Crippen LogP contribution is 2.25. The minimum atomic E-state index is 0.0159. The molecule has 24 heavy (non-hydrogen) atoms. The third-order valence-electron chi connectivity index (χ3n) is 4.54. The van der Waals surface area contributed by atoms with Crippen molar-refractivity contribution >= 4 is 17.2 Å². The van der Waals surface area contributed by atoms with E-state index >= 15 is 0 Å². The Morgan fingerprint density at radius 1 is 1.33 bits per heavy atom. The summed E-state index contributed by atoms with van der Waals surface area (Å²) in [6.45, 7) is 3.35. The average molecular weight is 345 g/mol. The molecule has 0 saturated carbocycles. The number of piperidine rings is 1. The van der Waals surface area contributed by atoms with E-state index in [0.29, 0.717) is 24.5 Å². The van der Waals surface area contributed by atoms with E-state index < -0.39 is 0 Å². The molecule has 1 fully saturated rings. The van der Waals surface area contributed by atoms with Gasteiger partial charge >= 0.3 is 0 Å². The molecule has 0 spiro atoms. The highest BCUT2D eigenvalue weighted by molar-refractivity contribution is 7.09. The second-order valence-electron chi connectivity index (χ2n) is 6.33. The fraction of sp³-hybridized carbons (Fsp3) is 0.421. The van der Waals surface area contributed by atoms with Gasteiger partial charge < -0.3 is 14.7 Å². The number of rotatable bonds is 5. The van der Waals surface area contributed by atoms with Crippen LogP contribution in [0.5, 0.6) is 5.75 Å². The van der Waals surface area contributed by atoms with Gasteiger partial charge in [0.15, 0.2) is 0 Å². The summed E-state index contributed by atoms with van der Waals surface area (Å²) in [5.74, 6) is 0.906. The monoisotopic (exact) mass is 345 g/mol. The zero-order chi connectivity index (χ0) is 16.9. The van der Waals surface area contributed by atoms with Crippen LogP contribution in [-0.4, -0.2) is 35.1 Å². The number of hydrogen-bond acceptors (Lipinski definition) is 4. The molecule has 5 heteroatoms. The molecule has 4 nitrogen and oxygen atoms in total. The molecule has 2 aromatic rings. The van der Waals surface area contributed by atoms with E-state index in [2.05, 4.69) is 6.92 Å². The molecule has 3 rings (SSSR count). The van der Waals surface area contributed by atoms with Gasteiger partial charge in [0, 0.05) is 29.6 Å². The van der Waals surface area contributed by atoms with E-state index in [0.717, 1.165) is 17.7 Å². The lowest BCUT2D eigenvalue weighted by molar-refractivity contribution is 0.0488. The quantitative estimate of drug-likeness (QED) is 0.901. The number of hydrogen-bond donors (Lipinski definition) is 1. The molecule has 0 radical (unpaired) electrons. The molecule has 0 bridgehead atoms. The maximum absolute atomic E-state index is 12.8. The molecule has 1 saturated heterocycles. The van der Waals surface area contributed by atoms with Crippen molar-refractivity contribution in [2.24, 2.45) is 5.92 Å². The van der Waals surface area contributed by atoms with Crippen LogP contribution in [-0.2, 0) is 6.61 Å². The highest BCUT2D eigenvalue weighted by Gasteiger charge is 2.29. The summed E-state index contributed by atoms with van der Waals surface area (Å²) in [4.78, 5) is 15.9. The Hall–Kier alpha value is -1.85. The van der Waals surface area contributed by atoms with Gasteiger partial charge in [-0.05, 0) is 55.3 Å². The fourth-order valence-electron chi connectivity index (χ4n) is 3.05. The number of aliphatic hydroxyl groups excluding tert-OH is 1. The van der Waals surface area contributed by atoms with Crippen LogP contribution in [0.3, 0.4) is 0 Å². The molecule has 2 heterocycles. The van der Waals surface area contributed by atoms with Crippen LogP contribution < -0.4 is 4.74 Å². The molecule has 128 valence electrons. The number of aliphatic hydroxyl groups is 1. The Morgan fingerprint density at radius 2 is 2.21 bits per heavy atom. The van der Waals surface area contributed by atoms with Crippen molar-refractivity contribution in [3.8, 4) is 5.75 Å². The Balaban J connectivity index is 1.69. The first-order chi connectivity index (χ1) is 11.7. The van der Waals surface area contributed by atoms with E-state index in [9.17, 15) is 9.90 Å². The van der Waals surface area contributed by atoms with Gasteiger partial charge in [0.2, 0.25) is 0 Å². The molecule has 1 aliphatic heterocycles. The zero-order valence-corrected chi connectivity index (χ0v) is 14.7. The van der Waals surface area contributed by atoms with Gasteiger partial charge in [0.05, 0.1) is 0 Å². The van der Waals surface area contributed by atoms with Gasteiger partial charge in [-0.15, -0.1) is 11.3 Å². The van der Waals surface area contributed by atoms with E-state index in [1.54, 1.807) is 11.3 Å². The normalized spacial score (nSPS) is 20.8. The van der Waals surface area contributed by atoms with Crippen molar-refractivity contribution in [2.45, 2.75) is 32.4 Å². The number of amides is 1. The summed E-state index contributed by atoms with van der Waals surface area (Å²) in [7, 11) is 0. The molecular formula is C19H23NO3S. The predicted molar refractivity (Wildman–Crippen MR) is 95.4 cm³/mol. The summed E-state index contributed by atoms with van der Waals surface area (Å²) in [6, 6.07) is 11.6. The van der Waals surface area contributed by atoms with Gasteiger partial charge in [-0.1, -0.05) is 12.1 Å². The van der Waals surface area contributed by atoms with Crippen molar-refractivity contribution in [3.05, 3.63) is 52.2 Å². The molecule has 2 atom stereocenters. The van der Waals surface area contributed by atoms with Gasteiger partial charge in [0.25, 0.3) is 5.91 Å². The number of carbonyl (C=O) groups is 1. The van der Waals surface area contributed by atoms with E-state index in [1.165, 1.54) is 0 Å². The van der Waals surface area contributed by atoms with E-state index in [1.807, 2.05) is 46.7 Å². The van der Waals surface area contributed by atoms with E-state index in [4.69, 9.17) is 4.74 Å². The molecule has 1 amide bonds. The minimum Gasteiger partial charge on any atom is -0.488 e. The molecule has 1 aromatic heterocycles. The van der Waals surface area contributed by atoms with Crippen LogP contribution in [0.1, 0.15) is 35.0 Å². The number of ether oxygens (including phenoxy) is 1. The Kier molecular flexibility index (Phi) is 5.53. The molecule has 2 unspecified atom stereocenters. The van der Waals surface area contributed by atoms with Gasteiger partial charge in [-0.25, -0.2) is 0 Å². The Bertz CT molecular complexity index is 671. The van der Waals surface area contributed by atoms with Gasteiger partial charge in [0.1, 0.15) is 12.4 Å². The molecule has 1 N–H and O–H groups in total. The first kappa shape index (κ1) is 17.0. The number of carbonyl (C=O) groups excluding carboxylic acids is 1. The third kappa shape index (κ3) is 3.97. The standard InChI is InChI=1S/C19H23NO3S/c1-14-7-8-15(12-21)11-20(14)19(22)16-4-2-5-17(10-16)23-13-18-6-3-9-24-18/h2-6,9-10,14-15,21H,7-8,11-13H2,1H3. The number of likely N-dealkylation sites (tertiary alicyclic amines) is 1. The summed E-state index contributed by atoms with van der Waals surface area (Å²) in [6.07, 6.45) is 1.91. The lowest BCUT2D eigenvalue weighted by Crippen LogP contribution is -2.46. The average Bonchev–Trinajstić information content (AvgIpc) is 3.14. The van der Waals surface area contributed by atoms with E-state index in [-0.39, 0.29) is 24.5 Å². The summed E-state index contributed by atoms with van der Waals surface area (Å²) in [5.41, 5.74) is 0.643.